The average molecular weight is 184 g/mol. The van der Waals surface area contributed by atoms with Gasteiger partial charge in [-0.25, -0.2) is 0 Å². The van der Waals surface area contributed by atoms with Crippen molar-refractivity contribution in [2.75, 3.05) is 13.6 Å². The maximum absolute atomic E-state index is 11.3. The van der Waals surface area contributed by atoms with Gasteiger partial charge in [-0.2, -0.15) is 0 Å². The number of hydrogen-bond acceptors (Lipinski definition) is 3. The zero-order chi connectivity index (χ0) is 10.0. The van der Waals surface area contributed by atoms with Gasteiger partial charge in [0, 0.05) is 19.2 Å². The van der Waals surface area contributed by atoms with Crippen LogP contribution in [-0.4, -0.2) is 41.5 Å². The molecule has 0 saturated heterocycles. The van der Waals surface area contributed by atoms with Crippen molar-refractivity contribution in [2.24, 2.45) is 5.73 Å². The first kappa shape index (κ1) is 9.73. The first-order valence-corrected chi connectivity index (χ1v) is 3.94. The molecule has 0 fully saturated rings. The summed E-state index contributed by atoms with van der Waals surface area (Å²) in [4.78, 5) is 23.2. The largest absolute Gasteiger partial charge is 0.388 e. The Hall–Kier alpha value is -1.36. The quantitative estimate of drug-likeness (QED) is 0.567. The molecule has 0 aromatic carbocycles. The summed E-state index contributed by atoms with van der Waals surface area (Å²) in [5.74, 6) is -0.857. The fourth-order valence-electron chi connectivity index (χ4n) is 1.20. The monoisotopic (exact) mass is 184 g/mol. The molecule has 1 unspecified atom stereocenters. The number of aliphatic hydroxyl groups excluding tert-OH is 1. The van der Waals surface area contributed by atoms with Gasteiger partial charge in [-0.3, -0.25) is 9.59 Å². The molecule has 1 rings (SSSR count). The molecule has 1 atom stereocenters. The standard InChI is InChI=1S/C8H12N2O3/c1-10-3-2-5(8(10)13)6(11)4-7(9)12/h2,6,11H,3-4H2,1H3,(H2,9,12). The van der Waals surface area contributed by atoms with E-state index in [0.29, 0.717) is 6.54 Å². The van der Waals surface area contributed by atoms with Gasteiger partial charge in [0.05, 0.1) is 12.5 Å². The zero-order valence-corrected chi connectivity index (χ0v) is 7.36. The Morgan fingerprint density at radius 3 is 2.85 bits per heavy atom. The number of amides is 2. The minimum absolute atomic E-state index is 0.203. The molecule has 0 aliphatic carbocycles. The van der Waals surface area contributed by atoms with Crippen molar-refractivity contribution in [1.82, 2.24) is 4.90 Å². The summed E-state index contributed by atoms with van der Waals surface area (Å²) < 4.78 is 0. The molecule has 1 aliphatic rings. The molecule has 5 nitrogen and oxygen atoms in total. The fraction of sp³-hybridized carbons (Fsp3) is 0.500. The average Bonchev–Trinajstić information content (AvgIpc) is 2.31. The number of carbonyl (C=O) groups is 2. The van der Waals surface area contributed by atoms with Crippen molar-refractivity contribution in [2.45, 2.75) is 12.5 Å². The van der Waals surface area contributed by atoms with Crippen molar-refractivity contribution in [3.05, 3.63) is 11.6 Å². The Labute approximate surface area is 75.8 Å². The molecule has 0 radical (unpaired) electrons. The van der Waals surface area contributed by atoms with Gasteiger partial charge in [0.25, 0.3) is 5.91 Å². The Balaban J connectivity index is 2.63. The topological polar surface area (TPSA) is 83.6 Å². The smallest absolute Gasteiger partial charge is 0.252 e. The summed E-state index contributed by atoms with van der Waals surface area (Å²) in [7, 11) is 1.63. The normalized spacial score (nSPS) is 18.8. The summed E-state index contributed by atoms with van der Waals surface area (Å²) in [6, 6.07) is 0. The summed E-state index contributed by atoms with van der Waals surface area (Å²) in [5, 5.41) is 9.39. The number of aliphatic hydroxyl groups is 1. The molecule has 0 aromatic rings. The van der Waals surface area contributed by atoms with Crippen LogP contribution in [0.1, 0.15) is 6.42 Å². The lowest BCUT2D eigenvalue weighted by Crippen LogP contribution is -2.28. The first-order valence-electron chi connectivity index (χ1n) is 3.94. The predicted molar refractivity (Wildman–Crippen MR) is 45.5 cm³/mol. The Morgan fingerprint density at radius 1 is 1.85 bits per heavy atom. The number of carbonyl (C=O) groups excluding carboxylic acids is 2. The van der Waals surface area contributed by atoms with Crippen molar-refractivity contribution in [3.63, 3.8) is 0 Å². The second-order valence-corrected chi connectivity index (χ2v) is 3.03. The van der Waals surface area contributed by atoms with E-state index >= 15 is 0 Å². The van der Waals surface area contributed by atoms with Gasteiger partial charge in [-0.05, 0) is 0 Å². The molecule has 0 aromatic heterocycles. The molecule has 0 bridgehead atoms. The highest BCUT2D eigenvalue weighted by atomic mass is 16.3. The van der Waals surface area contributed by atoms with E-state index in [1.165, 1.54) is 4.90 Å². The van der Waals surface area contributed by atoms with Crippen LogP contribution in [0.25, 0.3) is 0 Å². The van der Waals surface area contributed by atoms with Crippen molar-refractivity contribution in [1.29, 1.82) is 0 Å². The van der Waals surface area contributed by atoms with E-state index in [9.17, 15) is 14.7 Å². The molecule has 2 amide bonds. The maximum Gasteiger partial charge on any atom is 0.252 e. The molecular formula is C8H12N2O3. The number of nitrogens with two attached hydrogens (primary N) is 1. The van der Waals surface area contributed by atoms with E-state index in [-0.39, 0.29) is 17.9 Å². The Kier molecular flexibility index (Phi) is 2.67. The highest BCUT2D eigenvalue weighted by Gasteiger charge is 2.26. The zero-order valence-electron chi connectivity index (χ0n) is 7.36. The third-order valence-electron chi connectivity index (χ3n) is 1.93. The molecular weight excluding hydrogens is 172 g/mol. The number of rotatable bonds is 3. The van der Waals surface area contributed by atoms with E-state index in [1.807, 2.05) is 0 Å². The number of hydrogen-bond donors (Lipinski definition) is 2. The second kappa shape index (κ2) is 3.57. The molecule has 3 N–H and O–H groups in total. The predicted octanol–water partition coefficient (Wildman–Crippen LogP) is -1.38. The minimum atomic E-state index is -1.06. The Bertz CT molecular complexity index is 273. The number of likely N-dealkylation sites (N-methyl/N-ethyl adjacent to an activating group) is 1. The van der Waals surface area contributed by atoms with Crippen LogP contribution < -0.4 is 5.73 Å². The van der Waals surface area contributed by atoms with Crippen molar-refractivity contribution >= 4 is 11.8 Å². The maximum atomic E-state index is 11.3. The third-order valence-corrected chi connectivity index (χ3v) is 1.93. The van der Waals surface area contributed by atoms with Gasteiger partial charge in [0.1, 0.15) is 0 Å². The number of nitrogens with zero attached hydrogens (tertiary/aromatic N) is 1. The lowest BCUT2D eigenvalue weighted by Gasteiger charge is -2.11. The van der Waals surface area contributed by atoms with Gasteiger partial charge in [0.2, 0.25) is 5.91 Å². The van der Waals surface area contributed by atoms with E-state index in [4.69, 9.17) is 5.73 Å². The minimum Gasteiger partial charge on any atom is -0.388 e. The van der Waals surface area contributed by atoms with Crippen LogP contribution in [0.3, 0.4) is 0 Å². The SMILES string of the molecule is CN1CC=C(C(O)CC(N)=O)C1=O. The highest BCUT2D eigenvalue weighted by Crippen LogP contribution is 2.15. The van der Waals surface area contributed by atoms with Crippen molar-refractivity contribution in [3.8, 4) is 0 Å². The second-order valence-electron chi connectivity index (χ2n) is 3.03. The van der Waals surface area contributed by atoms with Gasteiger partial charge in [0.15, 0.2) is 0 Å². The molecule has 0 spiro atoms. The summed E-state index contributed by atoms with van der Waals surface area (Å²) >= 11 is 0. The van der Waals surface area contributed by atoms with Crippen LogP contribution in [0.5, 0.6) is 0 Å². The highest BCUT2D eigenvalue weighted by molar-refractivity contribution is 5.97. The van der Waals surface area contributed by atoms with E-state index in [1.54, 1.807) is 13.1 Å². The molecule has 0 saturated carbocycles. The van der Waals surface area contributed by atoms with Crippen LogP contribution in [-0.2, 0) is 9.59 Å². The number of primary amides is 1. The van der Waals surface area contributed by atoms with Crippen LogP contribution >= 0.6 is 0 Å². The van der Waals surface area contributed by atoms with Gasteiger partial charge < -0.3 is 15.7 Å². The van der Waals surface area contributed by atoms with E-state index in [2.05, 4.69) is 0 Å². The molecule has 13 heavy (non-hydrogen) atoms. The van der Waals surface area contributed by atoms with Crippen LogP contribution in [0.4, 0.5) is 0 Å². The molecule has 5 heteroatoms. The van der Waals surface area contributed by atoms with Crippen LogP contribution in [0.2, 0.25) is 0 Å². The summed E-state index contributed by atoms with van der Waals surface area (Å²) in [5.41, 5.74) is 5.16. The molecule has 72 valence electrons. The lowest BCUT2D eigenvalue weighted by atomic mass is 10.1. The van der Waals surface area contributed by atoms with Gasteiger partial charge >= 0.3 is 0 Å². The summed E-state index contributed by atoms with van der Waals surface area (Å²) in [6.45, 7) is 0.476. The molecule has 1 heterocycles. The van der Waals surface area contributed by atoms with Crippen LogP contribution in [0.15, 0.2) is 11.6 Å². The first-order chi connectivity index (χ1) is 6.02. The van der Waals surface area contributed by atoms with Crippen LogP contribution in [0, 0.1) is 0 Å². The Morgan fingerprint density at radius 2 is 2.46 bits per heavy atom. The van der Waals surface area contributed by atoms with E-state index in [0.717, 1.165) is 0 Å². The summed E-state index contributed by atoms with van der Waals surface area (Å²) in [6.07, 6.45) is 0.344. The van der Waals surface area contributed by atoms with Gasteiger partial charge in [-0.1, -0.05) is 6.08 Å². The van der Waals surface area contributed by atoms with E-state index < -0.39 is 12.0 Å². The third kappa shape index (κ3) is 2.06. The van der Waals surface area contributed by atoms with Gasteiger partial charge in [-0.15, -0.1) is 0 Å². The molecule has 1 aliphatic heterocycles. The fourth-order valence-corrected chi connectivity index (χ4v) is 1.20. The lowest BCUT2D eigenvalue weighted by molar-refractivity contribution is -0.125. The van der Waals surface area contributed by atoms with Crippen molar-refractivity contribution < 1.29 is 14.7 Å².